The Morgan fingerprint density at radius 2 is 1.76 bits per heavy atom. The van der Waals surface area contributed by atoms with Gasteiger partial charge in [-0.05, 0) is 15.9 Å². The first-order valence-electron chi connectivity index (χ1n) is 4.76. The molecule has 0 N–H and O–H groups in total. The molecule has 1 aromatic carbocycles. The number of benzene rings is 1. The molecule has 6 heteroatoms. The van der Waals surface area contributed by atoms with Crippen LogP contribution in [0.4, 0.5) is 13.2 Å². The molecule has 0 saturated heterocycles. The largest absolute Gasteiger partial charge is 0.435 e. The number of hydrogen-bond acceptors (Lipinski definition) is 1. The molecule has 2 rings (SSSR count). The van der Waals surface area contributed by atoms with Crippen molar-refractivity contribution in [3.05, 3.63) is 40.8 Å². The molecule has 0 unspecified atom stereocenters. The second-order valence-corrected chi connectivity index (χ2v) is 4.21. The molecule has 0 saturated carbocycles. The third kappa shape index (κ3) is 2.22. The highest BCUT2D eigenvalue weighted by Crippen LogP contribution is 2.37. The standard InChI is InChI=1S/C11H8BrF3N2/c1-17-8(7-5-3-2-4-6-7)9(11(13,14)15)16-10(17)12/h2-6H,1H3. The number of rotatable bonds is 1. The molecule has 2 aromatic rings. The van der Waals surface area contributed by atoms with Crippen LogP contribution in [0.5, 0.6) is 0 Å². The van der Waals surface area contributed by atoms with Gasteiger partial charge in [-0.25, -0.2) is 4.98 Å². The zero-order valence-electron chi connectivity index (χ0n) is 8.79. The highest BCUT2D eigenvalue weighted by atomic mass is 79.9. The number of nitrogens with zero attached hydrogens (tertiary/aromatic N) is 2. The smallest absolute Gasteiger partial charge is 0.321 e. The highest BCUT2D eigenvalue weighted by molar-refractivity contribution is 9.10. The predicted molar refractivity (Wildman–Crippen MR) is 61.3 cm³/mol. The maximum absolute atomic E-state index is 12.8. The van der Waals surface area contributed by atoms with Gasteiger partial charge >= 0.3 is 6.18 Å². The van der Waals surface area contributed by atoms with E-state index in [2.05, 4.69) is 20.9 Å². The van der Waals surface area contributed by atoms with Crippen LogP contribution >= 0.6 is 15.9 Å². The third-order valence-corrected chi connectivity index (χ3v) is 3.07. The van der Waals surface area contributed by atoms with Crippen molar-refractivity contribution in [2.75, 3.05) is 0 Å². The van der Waals surface area contributed by atoms with Crippen LogP contribution in [0.15, 0.2) is 35.1 Å². The van der Waals surface area contributed by atoms with E-state index >= 15 is 0 Å². The van der Waals surface area contributed by atoms with Crippen LogP contribution in [0.25, 0.3) is 11.3 Å². The van der Waals surface area contributed by atoms with Crippen LogP contribution in [0, 0.1) is 0 Å². The molecular weight excluding hydrogens is 297 g/mol. The quantitative estimate of drug-likeness (QED) is 0.782. The Balaban J connectivity index is 2.69. The van der Waals surface area contributed by atoms with Gasteiger partial charge in [-0.2, -0.15) is 13.2 Å². The van der Waals surface area contributed by atoms with Crippen molar-refractivity contribution in [1.29, 1.82) is 0 Å². The Kier molecular flexibility index (Phi) is 2.99. The molecule has 2 nitrogen and oxygen atoms in total. The Hall–Kier alpha value is -1.30. The van der Waals surface area contributed by atoms with E-state index in [0.29, 0.717) is 5.56 Å². The zero-order valence-corrected chi connectivity index (χ0v) is 10.4. The number of aromatic nitrogens is 2. The van der Waals surface area contributed by atoms with Gasteiger partial charge in [0.15, 0.2) is 10.4 Å². The summed E-state index contributed by atoms with van der Waals surface area (Å²) in [4.78, 5) is 3.51. The van der Waals surface area contributed by atoms with Crippen molar-refractivity contribution < 1.29 is 13.2 Å². The third-order valence-electron chi connectivity index (χ3n) is 2.36. The second-order valence-electron chi connectivity index (χ2n) is 3.50. The van der Waals surface area contributed by atoms with E-state index < -0.39 is 11.9 Å². The van der Waals surface area contributed by atoms with Crippen molar-refractivity contribution in [3.63, 3.8) is 0 Å². The van der Waals surface area contributed by atoms with Gasteiger partial charge in [-0.1, -0.05) is 30.3 Å². The van der Waals surface area contributed by atoms with Gasteiger partial charge < -0.3 is 4.57 Å². The van der Waals surface area contributed by atoms with Gasteiger partial charge in [0.05, 0.1) is 5.69 Å². The van der Waals surface area contributed by atoms with Crippen LogP contribution in [0.2, 0.25) is 0 Å². The zero-order chi connectivity index (χ0) is 12.6. The van der Waals surface area contributed by atoms with Gasteiger partial charge in [0.25, 0.3) is 0 Å². The Morgan fingerprint density at radius 1 is 1.18 bits per heavy atom. The van der Waals surface area contributed by atoms with Gasteiger partial charge in [0, 0.05) is 12.6 Å². The van der Waals surface area contributed by atoms with Gasteiger partial charge in [0.2, 0.25) is 0 Å². The SMILES string of the molecule is Cn1c(Br)nc(C(F)(F)F)c1-c1ccccc1. The minimum atomic E-state index is -4.46. The van der Waals surface area contributed by atoms with E-state index in [0.717, 1.165) is 0 Å². The highest BCUT2D eigenvalue weighted by Gasteiger charge is 2.38. The first kappa shape index (κ1) is 12.2. The summed E-state index contributed by atoms with van der Waals surface area (Å²) in [6, 6.07) is 8.38. The number of imidazole rings is 1. The molecule has 0 spiro atoms. The summed E-state index contributed by atoms with van der Waals surface area (Å²) < 4.78 is 40.0. The van der Waals surface area contributed by atoms with E-state index in [-0.39, 0.29) is 10.4 Å². The van der Waals surface area contributed by atoms with E-state index in [9.17, 15) is 13.2 Å². The summed E-state index contributed by atoms with van der Waals surface area (Å²) in [5.41, 5.74) is -0.330. The van der Waals surface area contributed by atoms with Gasteiger partial charge in [-0.15, -0.1) is 0 Å². The normalized spacial score (nSPS) is 11.8. The molecule has 90 valence electrons. The number of halogens is 4. The fourth-order valence-electron chi connectivity index (χ4n) is 1.60. The summed E-state index contributed by atoms with van der Waals surface area (Å²) in [7, 11) is 1.54. The Labute approximate surface area is 104 Å². The van der Waals surface area contributed by atoms with Crippen molar-refractivity contribution in [1.82, 2.24) is 9.55 Å². The van der Waals surface area contributed by atoms with E-state index in [4.69, 9.17) is 0 Å². The molecular formula is C11H8BrF3N2. The van der Waals surface area contributed by atoms with E-state index in [1.54, 1.807) is 30.3 Å². The fraction of sp³-hybridized carbons (Fsp3) is 0.182. The minimum absolute atomic E-state index is 0.0602. The molecule has 17 heavy (non-hydrogen) atoms. The van der Waals surface area contributed by atoms with Crippen molar-refractivity contribution in [2.24, 2.45) is 7.05 Å². The molecule has 0 fully saturated rings. The maximum Gasteiger partial charge on any atom is 0.435 e. The molecule has 0 radical (unpaired) electrons. The molecule has 0 aliphatic rings. The monoisotopic (exact) mass is 304 g/mol. The average molecular weight is 305 g/mol. The molecule has 1 heterocycles. The van der Waals surface area contributed by atoms with Crippen molar-refractivity contribution in [3.8, 4) is 11.3 Å². The van der Waals surface area contributed by atoms with Crippen molar-refractivity contribution >= 4 is 15.9 Å². The molecule has 1 aromatic heterocycles. The maximum atomic E-state index is 12.8. The van der Waals surface area contributed by atoms with Crippen molar-refractivity contribution in [2.45, 2.75) is 6.18 Å². The predicted octanol–water partition coefficient (Wildman–Crippen LogP) is 3.87. The lowest BCUT2D eigenvalue weighted by Gasteiger charge is -2.08. The molecule has 0 bridgehead atoms. The lowest BCUT2D eigenvalue weighted by Crippen LogP contribution is -2.08. The number of alkyl halides is 3. The van der Waals surface area contributed by atoms with Crippen LogP contribution in [0.3, 0.4) is 0 Å². The summed E-state index contributed by atoms with van der Waals surface area (Å²) >= 11 is 3.01. The lowest BCUT2D eigenvalue weighted by atomic mass is 10.1. The molecule has 0 aliphatic heterocycles. The Morgan fingerprint density at radius 3 is 2.29 bits per heavy atom. The van der Waals surface area contributed by atoms with E-state index in [1.165, 1.54) is 11.6 Å². The summed E-state index contributed by atoms with van der Waals surface area (Å²) in [5.74, 6) is 0. The van der Waals surface area contributed by atoms with Crippen LogP contribution in [0.1, 0.15) is 5.69 Å². The van der Waals surface area contributed by atoms with Gasteiger partial charge in [0.1, 0.15) is 0 Å². The molecule has 0 amide bonds. The second kappa shape index (κ2) is 4.18. The molecule has 0 aliphatic carbocycles. The summed E-state index contributed by atoms with van der Waals surface area (Å²) in [5, 5.41) is 0. The summed E-state index contributed by atoms with van der Waals surface area (Å²) in [6.45, 7) is 0. The van der Waals surface area contributed by atoms with Crippen LogP contribution in [-0.4, -0.2) is 9.55 Å². The molecule has 0 atom stereocenters. The minimum Gasteiger partial charge on any atom is -0.321 e. The first-order valence-corrected chi connectivity index (χ1v) is 5.55. The fourth-order valence-corrected chi connectivity index (χ4v) is 1.95. The first-order chi connectivity index (χ1) is 7.91. The summed E-state index contributed by atoms with van der Waals surface area (Å²) in [6.07, 6.45) is -4.46. The van der Waals surface area contributed by atoms with Crippen LogP contribution < -0.4 is 0 Å². The van der Waals surface area contributed by atoms with Crippen LogP contribution in [-0.2, 0) is 13.2 Å². The topological polar surface area (TPSA) is 17.8 Å². The Bertz CT molecular complexity index is 532. The number of hydrogen-bond donors (Lipinski definition) is 0. The van der Waals surface area contributed by atoms with E-state index in [1.807, 2.05) is 0 Å². The van der Waals surface area contributed by atoms with Gasteiger partial charge in [-0.3, -0.25) is 0 Å². The lowest BCUT2D eigenvalue weighted by molar-refractivity contribution is -0.140. The average Bonchev–Trinajstić information content (AvgIpc) is 2.57.